The molecule has 1 heterocycles. The first-order valence-corrected chi connectivity index (χ1v) is 9.11. The Hall–Kier alpha value is -2.64. The van der Waals surface area contributed by atoms with Crippen molar-refractivity contribution in [1.29, 1.82) is 0 Å². The predicted octanol–water partition coefficient (Wildman–Crippen LogP) is 4.00. The van der Waals surface area contributed by atoms with E-state index in [0.717, 1.165) is 10.0 Å². The maximum Gasteiger partial charge on any atom is 0.282 e. The minimum atomic E-state index is -2.19. The lowest BCUT2D eigenvalue weighted by Gasteiger charge is -2.06. The van der Waals surface area contributed by atoms with Crippen LogP contribution >= 0.6 is 15.9 Å². The fraction of sp³-hybridized carbons (Fsp3) is 0.150. The van der Waals surface area contributed by atoms with Gasteiger partial charge in [0.1, 0.15) is 0 Å². The van der Waals surface area contributed by atoms with Crippen molar-refractivity contribution in [2.24, 2.45) is 0 Å². The van der Waals surface area contributed by atoms with Crippen LogP contribution in [0.4, 0.5) is 4.39 Å². The summed E-state index contributed by atoms with van der Waals surface area (Å²) in [6.45, 7) is 0. The van der Waals surface area contributed by atoms with E-state index < -0.39 is 23.4 Å². The minimum Gasteiger partial charge on any atom is -0.289 e. The SMILES string of the molecule is O=C(NO)[C@]1(F)[C@H](c2ccccc2)[C@H]1c1ccc(-c2ncc(Br)cn2)cc1. The minimum absolute atomic E-state index is 0.555. The number of amides is 1. The van der Waals surface area contributed by atoms with Crippen molar-refractivity contribution < 1.29 is 14.4 Å². The number of hydrogen-bond donors (Lipinski definition) is 2. The van der Waals surface area contributed by atoms with Gasteiger partial charge in [0.05, 0.1) is 4.47 Å². The van der Waals surface area contributed by atoms with Crippen LogP contribution < -0.4 is 5.48 Å². The molecule has 1 saturated carbocycles. The van der Waals surface area contributed by atoms with Crippen LogP contribution in [-0.4, -0.2) is 26.8 Å². The number of carbonyl (C=O) groups excluding carboxylic acids is 1. The normalized spacial score (nSPS) is 23.7. The van der Waals surface area contributed by atoms with E-state index in [1.54, 1.807) is 60.9 Å². The van der Waals surface area contributed by atoms with Crippen LogP contribution in [0.15, 0.2) is 71.5 Å². The van der Waals surface area contributed by atoms with Gasteiger partial charge < -0.3 is 0 Å². The number of halogens is 2. The van der Waals surface area contributed by atoms with Gasteiger partial charge in [-0.25, -0.2) is 19.8 Å². The second-order valence-corrected chi connectivity index (χ2v) is 7.34. The average molecular weight is 428 g/mol. The molecule has 27 heavy (non-hydrogen) atoms. The average Bonchev–Trinajstić information content (AvgIpc) is 3.35. The molecule has 1 amide bonds. The van der Waals surface area contributed by atoms with E-state index >= 15 is 4.39 Å². The predicted molar refractivity (Wildman–Crippen MR) is 101 cm³/mol. The highest BCUT2D eigenvalue weighted by atomic mass is 79.9. The molecule has 7 heteroatoms. The van der Waals surface area contributed by atoms with Gasteiger partial charge in [-0.15, -0.1) is 0 Å². The summed E-state index contributed by atoms with van der Waals surface area (Å²) in [5.41, 5.74) is 1.47. The third-order valence-corrected chi connectivity index (χ3v) is 5.30. The first-order chi connectivity index (χ1) is 13.1. The van der Waals surface area contributed by atoms with Crippen LogP contribution in [0.2, 0.25) is 0 Å². The molecule has 1 aliphatic carbocycles. The second kappa shape index (κ2) is 6.83. The van der Waals surface area contributed by atoms with Gasteiger partial charge in [0.25, 0.3) is 5.91 Å². The number of hydroxylamine groups is 1. The molecular weight excluding hydrogens is 413 g/mol. The topological polar surface area (TPSA) is 75.1 Å². The Morgan fingerprint density at radius 2 is 1.56 bits per heavy atom. The Morgan fingerprint density at radius 1 is 1.00 bits per heavy atom. The lowest BCUT2D eigenvalue weighted by Crippen LogP contribution is -2.33. The van der Waals surface area contributed by atoms with Crippen LogP contribution in [0.25, 0.3) is 11.4 Å². The van der Waals surface area contributed by atoms with Crippen molar-refractivity contribution in [3.8, 4) is 11.4 Å². The fourth-order valence-electron chi connectivity index (χ4n) is 3.56. The van der Waals surface area contributed by atoms with Crippen LogP contribution in [0, 0.1) is 0 Å². The molecule has 2 aromatic carbocycles. The third-order valence-electron chi connectivity index (χ3n) is 4.89. The highest BCUT2D eigenvalue weighted by Crippen LogP contribution is 2.66. The van der Waals surface area contributed by atoms with Crippen LogP contribution in [0.3, 0.4) is 0 Å². The van der Waals surface area contributed by atoms with E-state index in [1.165, 1.54) is 5.48 Å². The zero-order valence-corrected chi connectivity index (χ0v) is 15.6. The van der Waals surface area contributed by atoms with Crippen LogP contribution in [0.5, 0.6) is 0 Å². The van der Waals surface area contributed by atoms with Crippen molar-refractivity contribution in [3.63, 3.8) is 0 Å². The molecule has 0 saturated heterocycles. The molecule has 136 valence electrons. The molecule has 5 nitrogen and oxygen atoms in total. The summed E-state index contributed by atoms with van der Waals surface area (Å²) >= 11 is 3.29. The largest absolute Gasteiger partial charge is 0.289 e. The number of aromatic nitrogens is 2. The molecule has 0 aliphatic heterocycles. The van der Waals surface area contributed by atoms with Crippen molar-refractivity contribution >= 4 is 21.8 Å². The Kier molecular flexibility index (Phi) is 4.49. The monoisotopic (exact) mass is 427 g/mol. The number of carbonyl (C=O) groups is 1. The Balaban J connectivity index is 1.67. The van der Waals surface area contributed by atoms with E-state index in [9.17, 15) is 4.79 Å². The van der Waals surface area contributed by atoms with Gasteiger partial charge in [0.15, 0.2) is 5.82 Å². The number of rotatable bonds is 4. The molecule has 0 unspecified atom stereocenters. The number of hydrogen-bond acceptors (Lipinski definition) is 4. The van der Waals surface area contributed by atoms with Gasteiger partial charge in [0.2, 0.25) is 5.67 Å². The summed E-state index contributed by atoms with van der Waals surface area (Å²) in [6, 6.07) is 16.2. The molecule has 1 fully saturated rings. The third kappa shape index (κ3) is 3.02. The van der Waals surface area contributed by atoms with Gasteiger partial charge in [-0.1, -0.05) is 54.6 Å². The first-order valence-electron chi connectivity index (χ1n) is 8.32. The molecular formula is C20H15BrFN3O2. The number of alkyl halides is 1. The standard InChI is InChI=1S/C20H15BrFN3O2/c21-15-10-23-18(24-11-15)14-8-6-13(7-9-14)17-16(12-4-2-1-3-5-12)20(17,22)19(26)25-27/h1-11,16-17,27H,(H,25,26)/t16-,17-,20+/m1/s1. The zero-order chi connectivity index (χ0) is 19.0. The number of benzene rings is 2. The van der Waals surface area contributed by atoms with E-state index in [1.807, 2.05) is 6.07 Å². The van der Waals surface area contributed by atoms with Crippen molar-refractivity contribution in [1.82, 2.24) is 15.4 Å². The highest BCUT2D eigenvalue weighted by molar-refractivity contribution is 9.10. The summed E-state index contributed by atoms with van der Waals surface area (Å²) in [6.07, 6.45) is 3.31. The molecule has 0 spiro atoms. The summed E-state index contributed by atoms with van der Waals surface area (Å²) < 4.78 is 16.2. The zero-order valence-electron chi connectivity index (χ0n) is 14.0. The Morgan fingerprint density at radius 3 is 2.11 bits per heavy atom. The van der Waals surface area contributed by atoms with Gasteiger partial charge in [-0.05, 0) is 27.1 Å². The number of nitrogens with zero attached hydrogens (tertiary/aromatic N) is 2. The molecule has 0 bridgehead atoms. The fourth-order valence-corrected chi connectivity index (χ4v) is 3.76. The Labute approximate surface area is 163 Å². The highest BCUT2D eigenvalue weighted by Gasteiger charge is 2.72. The molecule has 1 aliphatic rings. The maximum absolute atomic E-state index is 15.5. The van der Waals surface area contributed by atoms with E-state index in [-0.39, 0.29) is 0 Å². The van der Waals surface area contributed by atoms with Gasteiger partial charge in [-0.3, -0.25) is 10.0 Å². The van der Waals surface area contributed by atoms with Crippen molar-refractivity contribution in [3.05, 3.63) is 82.6 Å². The smallest absolute Gasteiger partial charge is 0.282 e. The summed E-state index contributed by atoms with van der Waals surface area (Å²) in [5, 5.41) is 9.00. The Bertz CT molecular complexity index is 967. The van der Waals surface area contributed by atoms with Crippen molar-refractivity contribution in [2.75, 3.05) is 0 Å². The van der Waals surface area contributed by atoms with E-state index in [0.29, 0.717) is 17.0 Å². The summed E-state index contributed by atoms with van der Waals surface area (Å²) in [4.78, 5) is 20.5. The lowest BCUT2D eigenvalue weighted by atomic mass is 10.0. The second-order valence-electron chi connectivity index (χ2n) is 6.42. The van der Waals surface area contributed by atoms with E-state index in [4.69, 9.17) is 5.21 Å². The summed E-state index contributed by atoms with van der Waals surface area (Å²) in [5.74, 6) is -1.80. The van der Waals surface area contributed by atoms with Crippen LogP contribution in [-0.2, 0) is 4.79 Å². The molecule has 2 N–H and O–H groups in total. The first kappa shape index (κ1) is 17.8. The molecule has 4 rings (SSSR count). The lowest BCUT2D eigenvalue weighted by molar-refractivity contribution is -0.136. The van der Waals surface area contributed by atoms with E-state index in [2.05, 4.69) is 25.9 Å². The van der Waals surface area contributed by atoms with Gasteiger partial charge in [-0.2, -0.15) is 0 Å². The molecule has 1 aromatic heterocycles. The molecule has 3 atom stereocenters. The van der Waals surface area contributed by atoms with Crippen LogP contribution in [0.1, 0.15) is 23.0 Å². The molecule has 3 aromatic rings. The maximum atomic E-state index is 15.5. The van der Waals surface area contributed by atoms with Gasteiger partial charge >= 0.3 is 0 Å². The quantitative estimate of drug-likeness (QED) is 0.487. The number of nitrogens with one attached hydrogen (secondary N) is 1. The summed E-state index contributed by atoms with van der Waals surface area (Å²) in [7, 11) is 0. The van der Waals surface area contributed by atoms with Crippen molar-refractivity contribution in [2.45, 2.75) is 17.5 Å². The molecule has 0 radical (unpaired) electrons. The van der Waals surface area contributed by atoms with Gasteiger partial charge in [0, 0.05) is 29.8 Å².